The van der Waals surface area contributed by atoms with E-state index in [4.69, 9.17) is 4.42 Å². The van der Waals surface area contributed by atoms with Crippen LogP contribution in [0.15, 0.2) is 217 Å². The van der Waals surface area contributed by atoms with E-state index in [1.54, 1.807) is 0 Å². The maximum Gasteiger partial charge on any atom is 0.143 e. The van der Waals surface area contributed by atoms with Crippen LogP contribution in [0.1, 0.15) is 0 Å². The van der Waals surface area contributed by atoms with Crippen molar-refractivity contribution in [3.63, 3.8) is 0 Å². The minimum absolute atomic E-state index is 0.860. The fourth-order valence-electron chi connectivity index (χ4n) is 7.28. The first-order valence-corrected chi connectivity index (χ1v) is 17.7. The molecule has 0 atom stereocenters. The van der Waals surface area contributed by atoms with Crippen LogP contribution in [0.25, 0.3) is 66.8 Å². The number of rotatable bonds is 8. The van der Waals surface area contributed by atoms with Crippen LogP contribution in [0.5, 0.6) is 0 Å². The summed E-state index contributed by atoms with van der Waals surface area (Å²) in [6, 6.07) is 75.1. The molecule has 0 unspecified atom stereocenters. The lowest BCUT2D eigenvalue weighted by atomic mass is 9.94. The summed E-state index contributed by atoms with van der Waals surface area (Å²) < 4.78 is 6.67. The molecule has 0 spiro atoms. The molecule has 0 N–H and O–H groups in total. The highest BCUT2D eigenvalue weighted by atomic mass is 16.3. The van der Waals surface area contributed by atoms with Crippen molar-refractivity contribution in [3.8, 4) is 55.8 Å². The summed E-state index contributed by atoms with van der Waals surface area (Å²) in [7, 11) is 0. The van der Waals surface area contributed by atoms with Crippen LogP contribution >= 0.6 is 0 Å². The number of hydrogen-bond acceptors (Lipinski definition) is 2. The van der Waals surface area contributed by atoms with E-state index in [-0.39, 0.29) is 0 Å². The molecule has 0 radical (unpaired) electrons. The summed E-state index contributed by atoms with van der Waals surface area (Å²) in [4.78, 5) is 2.36. The Balaban J connectivity index is 1.21. The lowest BCUT2D eigenvalue weighted by molar-refractivity contribution is 0.632. The van der Waals surface area contributed by atoms with Gasteiger partial charge >= 0.3 is 0 Å². The Labute approximate surface area is 304 Å². The van der Waals surface area contributed by atoms with E-state index in [1.165, 1.54) is 22.3 Å². The van der Waals surface area contributed by atoms with Crippen LogP contribution in [-0.2, 0) is 0 Å². The Hall–Kier alpha value is -6.90. The smallest absolute Gasteiger partial charge is 0.143 e. The molecule has 0 saturated heterocycles. The Kier molecular flexibility index (Phi) is 8.24. The molecule has 0 bridgehead atoms. The number of para-hydroxylation sites is 2. The highest BCUT2D eigenvalue weighted by Gasteiger charge is 2.21. The molecular weight excluding hydrogens is 631 g/mol. The van der Waals surface area contributed by atoms with Gasteiger partial charge in [-0.25, -0.2) is 0 Å². The fourth-order valence-corrected chi connectivity index (χ4v) is 7.28. The van der Waals surface area contributed by atoms with Crippen molar-refractivity contribution >= 4 is 28.0 Å². The lowest BCUT2D eigenvalue weighted by Crippen LogP contribution is -2.11. The third-order valence-corrected chi connectivity index (χ3v) is 9.70. The molecule has 0 amide bonds. The second-order valence-corrected chi connectivity index (χ2v) is 12.9. The van der Waals surface area contributed by atoms with Crippen molar-refractivity contribution in [3.05, 3.63) is 212 Å². The van der Waals surface area contributed by atoms with Crippen LogP contribution in [0.2, 0.25) is 0 Å². The van der Waals surface area contributed by atoms with Crippen molar-refractivity contribution < 1.29 is 4.42 Å². The minimum Gasteiger partial charge on any atom is -0.455 e. The van der Waals surface area contributed by atoms with Crippen molar-refractivity contribution in [2.75, 3.05) is 4.90 Å². The van der Waals surface area contributed by atoms with E-state index in [0.717, 1.165) is 61.6 Å². The molecule has 0 aliphatic rings. The predicted octanol–water partition coefficient (Wildman–Crippen LogP) is 14.2. The first-order valence-electron chi connectivity index (χ1n) is 17.7. The molecule has 9 rings (SSSR count). The average Bonchev–Trinajstić information content (AvgIpc) is 3.63. The zero-order valence-corrected chi connectivity index (χ0v) is 28.6. The highest BCUT2D eigenvalue weighted by molar-refractivity contribution is 6.02. The van der Waals surface area contributed by atoms with Crippen molar-refractivity contribution in [1.29, 1.82) is 0 Å². The summed E-state index contributed by atoms with van der Waals surface area (Å²) in [6.45, 7) is 0. The molecule has 246 valence electrons. The van der Waals surface area contributed by atoms with Gasteiger partial charge in [-0.15, -0.1) is 0 Å². The zero-order chi connectivity index (χ0) is 34.7. The van der Waals surface area contributed by atoms with Gasteiger partial charge in [-0.1, -0.05) is 176 Å². The standard InChI is InChI=1S/C50H35NO/c1-4-17-36(18-5-1)43-25-10-11-26-44(43)38-31-33-41(34-32-38)51(47-29-14-12-27-45(47)37-19-6-2-7-20-37)42-24-16-23-40(35-42)50-49(39-21-8-3-9-22-39)46-28-13-15-30-48(46)52-50/h1-35H. The second-order valence-electron chi connectivity index (χ2n) is 12.9. The third-order valence-electron chi connectivity index (χ3n) is 9.70. The summed E-state index contributed by atoms with van der Waals surface area (Å²) >= 11 is 0. The molecule has 1 aromatic heterocycles. The highest BCUT2D eigenvalue weighted by Crippen LogP contribution is 2.45. The van der Waals surface area contributed by atoms with Gasteiger partial charge < -0.3 is 9.32 Å². The number of furan rings is 1. The van der Waals surface area contributed by atoms with Crippen LogP contribution in [0.3, 0.4) is 0 Å². The van der Waals surface area contributed by atoms with Gasteiger partial charge in [0.05, 0.1) is 5.69 Å². The lowest BCUT2D eigenvalue weighted by Gasteiger charge is -2.28. The molecule has 0 fully saturated rings. The SMILES string of the molecule is c1ccc(-c2ccccc2-c2ccc(N(c3cccc(-c4oc5ccccc5c4-c4ccccc4)c3)c3ccccc3-c3ccccc3)cc2)cc1. The Morgan fingerprint density at radius 1 is 0.327 bits per heavy atom. The van der Waals surface area contributed by atoms with E-state index in [1.807, 2.05) is 6.07 Å². The first kappa shape index (κ1) is 31.1. The summed E-state index contributed by atoms with van der Waals surface area (Å²) in [5.74, 6) is 0.860. The number of hydrogen-bond donors (Lipinski definition) is 0. The average molecular weight is 666 g/mol. The molecule has 9 aromatic rings. The summed E-state index contributed by atoms with van der Waals surface area (Å²) in [5, 5.41) is 1.10. The van der Waals surface area contributed by atoms with Gasteiger partial charge in [0, 0.05) is 33.5 Å². The van der Waals surface area contributed by atoms with Crippen LogP contribution < -0.4 is 4.90 Å². The number of nitrogens with zero attached hydrogens (tertiary/aromatic N) is 1. The Morgan fingerprint density at radius 3 is 1.50 bits per heavy atom. The van der Waals surface area contributed by atoms with Crippen molar-refractivity contribution in [1.82, 2.24) is 0 Å². The van der Waals surface area contributed by atoms with Crippen LogP contribution in [0.4, 0.5) is 17.1 Å². The zero-order valence-electron chi connectivity index (χ0n) is 28.6. The van der Waals surface area contributed by atoms with Gasteiger partial charge in [0.1, 0.15) is 11.3 Å². The predicted molar refractivity (Wildman–Crippen MR) is 218 cm³/mol. The minimum atomic E-state index is 0.860. The molecule has 1 heterocycles. The number of anilines is 3. The van der Waals surface area contributed by atoms with E-state index < -0.39 is 0 Å². The third kappa shape index (κ3) is 5.87. The quantitative estimate of drug-likeness (QED) is 0.161. The van der Waals surface area contributed by atoms with E-state index >= 15 is 0 Å². The van der Waals surface area contributed by atoms with Gasteiger partial charge in [-0.05, 0) is 69.8 Å². The van der Waals surface area contributed by atoms with E-state index in [0.29, 0.717) is 0 Å². The number of benzene rings is 8. The Bertz CT molecular complexity index is 2610. The van der Waals surface area contributed by atoms with E-state index in [2.05, 4.69) is 211 Å². The number of fused-ring (bicyclic) bond motifs is 1. The summed E-state index contributed by atoms with van der Waals surface area (Å²) in [6.07, 6.45) is 0. The van der Waals surface area contributed by atoms with Crippen LogP contribution in [-0.4, -0.2) is 0 Å². The molecule has 8 aromatic carbocycles. The van der Waals surface area contributed by atoms with Crippen LogP contribution in [0, 0.1) is 0 Å². The molecule has 52 heavy (non-hydrogen) atoms. The molecular formula is C50H35NO. The second kappa shape index (κ2) is 13.8. The Morgan fingerprint density at radius 2 is 0.827 bits per heavy atom. The molecule has 0 aliphatic heterocycles. The molecule has 0 aliphatic carbocycles. The van der Waals surface area contributed by atoms with Gasteiger partial charge in [-0.2, -0.15) is 0 Å². The fraction of sp³-hybridized carbons (Fsp3) is 0. The maximum atomic E-state index is 6.67. The van der Waals surface area contributed by atoms with Gasteiger partial charge in [0.25, 0.3) is 0 Å². The molecule has 2 nitrogen and oxygen atoms in total. The van der Waals surface area contributed by atoms with E-state index in [9.17, 15) is 0 Å². The summed E-state index contributed by atoms with van der Waals surface area (Å²) in [5.41, 5.74) is 14.4. The van der Waals surface area contributed by atoms with Gasteiger partial charge in [0.2, 0.25) is 0 Å². The topological polar surface area (TPSA) is 16.4 Å². The van der Waals surface area contributed by atoms with Crippen molar-refractivity contribution in [2.45, 2.75) is 0 Å². The normalized spacial score (nSPS) is 11.1. The molecule has 0 saturated carbocycles. The molecule has 2 heteroatoms. The van der Waals surface area contributed by atoms with Crippen molar-refractivity contribution in [2.24, 2.45) is 0 Å². The maximum absolute atomic E-state index is 6.67. The first-order chi connectivity index (χ1) is 25.8. The van der Waals surface area contributed by atoms with Gasteiger partial charge in [-0.3, -0.25) is 0 Å². The van der Waals surface area contributed by atoms with Gasteiger partial charge in [0.15, 0.2) is 0 Å². The monoisotopic (exact) mass is 665 g/mol. The largest absolute Gasteiger partial charge is 0.455 e.